The van der Waals surface area contributed by atoms with Gasteiger partial charge in [-0.3, -0.25) is 0 Å². The molecule has 27 heavy (non-hydrogen) atoms. The molecule has 9 heteroatoms. The smallest absolute Gasteiger partial charge is 0.333 e. The third-order valence-electron chi connectivity index (χ3n) is 4.58. The zero-order chi connectivity index (χ0) is 19.4. The number of anilines is 1. The van der Waals surface area contributed by atoms with E-state index in [0.717, 1.165) is 0 Å². The standard InChI is InChI=1S/C18H19ClF2N4O2/c19-16-7-15(24-14-3-5-18(27,11-26)6-4-14)13(9-22-16)2-1-12-8-23-25(10-12)17(20)21/h7-10,14,17,26-27H,3-6,11H2,(H,22,24). The van der Waals surface area contributed by atoms with Crippen molar-refractivity contribution in [1.82, 2.24) is 14.8 Å². The highest BCUT2D eigenvalue weighted by Crippen LogP contribution is 2.30. The highest BCUT2D eigenvalue weighted by molar-refractivity contribution is 6.29. The van der Waals surface area contributed by atoms with Gasteiger partial charge in [-0.1, -0.05) is 23.4 Å². The molecule has 1 saturated carbocycles. The minimum absolute atomic E-state index is 0.0948. The molecule has 2 aromatic heterocycles. The fourth-order valence-electron chi connectivity index (χ4n) is 2.98. The Balaban J connectivity index is 1.75. The van der Waals surface area contributed by atoms with Crippen molar-refractivity contribution in [2.75, 3.05) is 11.9 Å². The molecule has 0 bridgehead atoms. The van der Waals surface area contributed by atoms with E-state index in [-0.39, 0.29) is 12.6 Å². The Hall–Kier alpha value is -2.21. The average Bonchev–Trinajstić information content (AvgIpc) is 3.12. The number of pyridine rings is 1. The molecule has 6 nitrogen and oxygen atoms in total. The van der Waals surface area contributed by atoms with Crippen LogP contribution in [0.2, 0.25) is 5.15 Å². The van der Waals surface area contributed by atoms with Crippen LogP contribution in [0.4, 0.5) is 14.5 Å². The summed E-state index contributed by atoms with van der Waals surface area (Å²) < 4.78 is 25.7. The number of aromatic nitrogens is 3. The van der Waals surface area contributed by atoms with Crippen molar-refractivity contribution in [3.05, 3.63) is 40.9 Å². The Morgan fingerprint density at radius 1 is 1.33 bits per heavy atom. The Labute approximate surface area is 160 Å². The van der Waals surface area contributed by atoms with E-state index in [9.17, 15) is 19.0 Å². The van der Waals surface area contributed by atoms with Crippen LogP contribution < -0.4 is 5.32 Å². The number of nitrogens with one attached hydrogen (secondary N) is 1. The van der Waals surface area contributed by atoms with E-state index < -0.39 is 12.2 Å². The fourth-order valence-corrected chi connectivity index (χ4v) is 3.13. The van der Waals surface area contributed by atoms with Crippen LogP contribution in [0.15, 0.2) is 24.7 Å². The molecule has 2 aromatic rings. The molecule has 0 aliphatic heterocycles. The first-order valence-electron chi connectivity index (χ1n) is 8.48. The van der Waals surface area contributed by atoms with Crippen molar-refractivity contribution in [3.63, 3.8) is 0 Å². The molecule has 1 aliphatic carbocycles. The van der Waals surface area contributed by atoms with Crippen LogP contribution in [0, 0.1) is 11.8 Å². The summed E-state index contributed by atoms with van der Waals surface area (Å²) >= 11 is 5.99. The Bertz CT molecular complexity index is 855. The number of aliphatic hydroxyl groups is 2. The third-order valence-corrected chi connectivity index (χ3v) is 4.79. The highest BCUT2D eigenvalue weighted by Gasteiger charge is 2.32. The van der Waals surface area contributed by atoms with Crippen LogP contribution in [-0.2, 0) is 0 Å². The molecular weight excluding hydrogens is 378 g/mol. The molecule has 0 radical (unpaired) electrons. The summed E-state index contributed by atoms with van der Waals surface area (Å²) in [5.41, 5.74) is 0.610. The van der Waals surface area contributed by atoms with Gasteiger partial charge in [0.05, 0.1) is 35.2 Å². The second-order valence-electron chi connectivity index (χ2n) is 6.59. The van der Waals surface area contributed by atoms with E-state index in [2.05, 4.69) is 27.2 Å². The molecular formula is C18H19ClF2N4O2. The van der Waals surface area contributed by atoms with Crippen LogP contribution >= 0.6 is 11.6 Å². The Morgan fingerprint density at radius 2 is 2.07 bits per heavy atom. The van der Waals surface area contributed by atoms with Crippen LogP contribution in [0.25, 0.3) is 0 Å². The molecule has 0 amide bonds. The second kappa shape index (κ2) is 8.21. The molecule has 0 saturated heterocycles. The SMILES string of the molecule is OCC1(O)CCC(Nc2cc(Cl)ncc2C#Cc2cnn(C(F)F)c2)CC1. The number of hydrogen-bond donors (Lipinski definition) is 3. The number of rotatable bonds is 4. The van der Waals surface area contributed by atoms with Crippen molar-refractivity contribution >= 4 is 17.3 Å². The summed E-state index contributed by atoms with van der Waals surface area (Å²) in [4.78, 5) is 4.02. The first-order valence-corrected chi connectivity index (χ1v) is 8.86. The maximum atomic E-state index is 12.6. The van der Waals surface area contributed by atoms with Gasteiger partial charge in [-0.2, -0.15) is 13.9 Å². The summed E-state index contributed by atoms with van der Waals surface area (Å²) in [6, 6.07) is 1.75. The molecule has 0 unspecified atom stereocenters. The zero-order valence-corrected chi connectivity index (χ0v) is 15.1. The summed E-state index contributed by atoms with van der Waals surface area (Å²) in [6.45, 7) is -2.96. The molecule has 3 N–H and O–H groups in total. The van der Waals surface area contributed by atoms with E-state index >= 15 is 0 Å². The lowest BCUT2D eigenvalue weighted by Crippen LogP contribution is -2.41. The van der Waals surface area contributed by atoms with Gasteiger partial charge in [-0.25, -0.2) is 9.67 Å². The molecule has 2 heterocycles. The summed E-state index contributed by atoms with van der Waals surface area (Å²) in [6.07, 6.45) is 6.32. The molecule has 0 atom stereocenters. The zero-order valence-electron chi connectivity index (χ0n) is 14.4. The normalized spacial score (nSPS) is 22.4. The predicted octanol–water partition coefficient (Wildman–Crippen LogP) is 2.80. The number of halogens is 3. The van der Waals surface area contributed by atoms with Gasteiger partial charge < -0.3 is 15.5 Å². The maximum Gasteiger partial charge on any atom is 0.333 e. The van der Waals surface area contributed by atoms with Gasteiger partial charge in [0.1, 0.15) is 5.15 Å². The van der Waals surface area contributed by atoms with E-state index in [1.54, 1.807) is 6.07 Å². The number of alkyl halides is 2. The average molecular weight is 397 g/mol. The Morgan fingerprint density at radius 3 is 2.70 bits per heavy atom. The predicted molar refractivity (Wildman–Crippen MR) is 96.6 cm³/mol. The number of nitrogens with zero attached hydrogens (tertiary/aromatic N) is 3. The highest BCUT2D eigenvalue weighted by atomic mass is 35.5. The van der Waals surface area contributed by atoms with Gasteiger partial charge in [0.25, 0.3) is 0 Å². The minimum atomic E-state index is -2.71. The van der Waals surface area contributed by atoms with Gasteiger partial charge in [0.2, 0.25) is 0 Å². The lowest BCUT2D eigenvalue weighted by Gasteiger charge is -2.35. The molecule has 0 spiro atoms. The fraction of sp³-hybridized carbons (Fsp3) is 0.444. The van der Waals surface area contributed by atoms with Crippen LogP contribution in [0.3, 0.4) is 0 Å². The minimum Gasteiger partial charge on any atom is -0.393 e. The molecule has 1 aliphatic rings. The lowest BCUT2D eigenvalue weighted by atomic mass is 9.82. The molecule has 3 rings (SSSR count). The first kappa shape index (κ1) is 19.5. The molecule has 1 fully saturated rings. The van der Waals surface area contributed by atoms with E-state index in [0.29, 0.717) is 52.3 Å². The van der Waals surface area contributed by atoms with Crippen molar-refractivity contribution < 1.29 is 19.0 Å². The molecule has 144 valence electrons. The van der Waals surface area contributed by atoms with Gasteiger partial charge >= 0.3 is 6.55 Å². The van der Waals surface area contributed by atoms with Crippen molar-refractivity contribution in [3.8, 4) is 11.8 Å². The van der Waals surface area contributed by atoms with E-state index in [1.807, 2.05) is 0 Å². The van der Waals surface area contributed by atoms with Gasteiger partial charge in [0, 0.05) is 18.4 Å². The third kappa shape index (κ3) is 4.95. The summed E-state index contributed by atoms with van der Waals surface area (Å²) in [7, 11) is 0. The number of hydrogen-bond acceptors (Lipinski definition) is 5. The first-order chi connectivity index (χ1) is 12.9. The van der Waals surface area contributed by atoms with Gasteiger partial charge in [-0.15, -0.1) is 0 Å². The largest absolute Gasteiger partial charge is 0.393 e. The summed E-state index contributed by atoms with van der Waals surface area (Å²) in [5, 5.41) is 26.6. The monoisotopic (exact) mass is 396 g/mol. The topological polar surface area (TPSA) is 83.2 Å². The van der Waals surface area contributed by atoms with Crippen molar-refractivity contribution in [2.24, 2.45) is 0 Å². The molecule has 0 aromatic carbocycles. The second-order valence-corrected chi connectivity index (χ2v) is 6.98. The van der Waals surface area contributed by atoms with Crippen LogP contribution in [0.5, 0.6) is 0 Å². The van der Waals surface area contributed by atoms with Crippen molar-refractivity contribution in [1.29, 1.82) is 0 Å². The summed E-state index contributed by atoms with van der Waals surface area (Å²) in [5.74, 6) is 5.70. The van der Waals surface area contributed by atoms with E-state index in [1.165, 1.54) is 18.6 Å². The quantitative estimate of drug-likeness (QED) is 0.547. The maximum absolute atomic E-state index is 12.6. The van der Waals surface area contributed by atoms with Crippen molar-refractivity contribution in [2.45, 2.75) is 43.9 Å². The lowest BCUT2D eigenvalue weighted by molar-refractivity contribution is -0.0438. The number of aliphatic hydroxyl groups excluding tert-OH is 1. The van der Waals surface area contributed by atoms with Crippen LogP contribution in [-0.4, -0.2) is 43.2 Å². The van der Waals surface area contributed by atoms with Gasteiger partial charge in [0.15, 0.2) is 0 Å². The Kier molecular flexibility index (Phi) is 5.95. The van der Waals surface area contributed by atoms with Crippen LogP contribution in [0.1, 0.15) is 43.4 Å². The van der Waals surface area contributed by atoms with Gasteiger partial charge in [-0.05, 0) is 31.7 Å². The van der Waals surface area contributed by atoms with E-state index in [4.69, 9.17) is 11.6 Å².